The van der Waals surface area contributed by atoms with Crippen LogP contribution in [0.15, 0.2) is 12.1 Å². The molecular weight excluding hydrogens is 190 g/mol. The van der Waals surface area contributed by atoms with Gasteiger partial charge >= 0.3 is 0 Å². The van der Waals surface area contributed by atoms with Crippen molar-refractivity contribution in [2.75, 3.05) is 7.11 Å². The van der Waals surface area contributed by atoms with E-state index in [4.69, 9.17) is 10.00 Å². The van der Waals surface area contributed by atoms with E-state index < -0.39 is 0 Å². The van der Waals surface area contributed by atoms with E-state index in [1.807, 2.05) is 6.92 Å². The number of methoxy groups -OCH3 is 1. The zero-order valence-corrected chi connectivity index (χ0v) is 9.13. The maximum Gasteiger partial charge on any atom is 0.161 e. The monoisotopic (exact) mass is 203 g/mol. The molecule has 0 aromatic heterocycles. The predicted molar refractivity (Wildman–Crippen MR) is 57.1 cm³/mol. The van der Waals surface area contributed by atoms with Crippen LogP contribution >= 0.6 is 0 Å². The summed E-state index contributed by atoms with van der Waals surface area (Å²) >= 11 is 0. The Labute approximate surface area is 89.3 Å². The Morgan fingerprint density at radius 3 is 2.60 bits per heavy atom. The summed E-state index contributed by atoms with van der Waals surface area (Å²) in [5, 5.41) is 9.04. The number of carbonyl (C=O) groups excluding carboxylic acids is 1. The Morgan fingerprint density at radius 1 is 1.53 bits per heavy atom. The lowest BCUT2D eigenvalue weighted by Gasteiger charge is -2.10. The zero-order valence-electron chi connectivity index (χ0n) is 9.13. The largest absolute Gasteiger partial charge is 0.496 e. The summed E-state index contributed by atoms with van der Waals surface area (Å²) in [5.74, 6) is 0.572. The lowest BCUT2D eigenvalue weighted by atomic mass is 9.97. The quantitative estimate of drug-likeness (QED) is 0.708. The fourth-order valence-corrected chi connectivity index (χ4v) is 1.59. The molecule has 0 aliphatic heterocycles. The molecule has 0 N–H and O–H groups in total. The fraction of sp³-hybridized carbons (Fsp3) is 0.333. The maximum absolute atomic E-state index is 11.3. The van der Waals surface area contributed by atoms with Crippen LogP contribution in [0.4, 0.5) is 0 Å². The Balaban J connectivity index is 3.50. The van der Waals surface area contributed by atoms with E-state index in [0.29, 0.717) is 23.3 Å². The van der Waals surface area contributed by atoms with Gasteiger partial charge in [0.1, 0.15) is 11.8 Å². The molecule has 0 fully saturated rings. The molecule has 0 aliphatic rings. The second kappa shape index (κ2) is 4.61. The summed E-state index contributed by atoms with van der Waals surface area (Å²) in [7, 11) is 1.56. The summed E-state index contributed by atoms with van der Waals surface area (Å²) in [5.41, 5.74) is 1.70. The minimum Gasteiger partial charge on any atom is -0.496 e. The van der Waals surface area contributed by atoms with Gasteiger partial charge < -0.3 is 4.74 Å². The Kier molecular flexibility index (Phi) is 3.46. The Bertz CT molecular complexity index is 430. The Hall–Kier alpha value is -1.82. The van der Waals surface area contributed by atoms with Crippen LogP contribution in [0.25, 0.3) is 0 Å². The molecule has 0 heterocycles. The van der Waals surface area contributed by atoms with Crippen LogP contribution in [-0.4, -0.2) is 12.9 Å². The van der Waals surface area contributed by atoms with Gasteiger partial charge in [0.05, 0.1) is 12.7 Å². The van der Waals surface area contributed by atoms with Crippen molar-refractivity contribution < 1.29 is 9.53 Å². The van der Waals surface area contributed by atoms with Gasteiger partial charge in [0, 0.05) is 11.1 Å². The molecule has 0 unspecified atom stereocenters. The number of nitriles is 1. The molecule has 0 aliphatic carbocycles. The lowest BCUT2D eigenvalue weighted by Crippen LogP contribution is -2.02. The van der Waals surface area contributed by atoms with Gasteiger partial charge in [-0.3, -0.25) is 4.79 Å². The molecular formula is C12H13NO2. The normalized spacial score (nSPS) is 9.47. The number of hydrogen-bond acceptors (Lipinski definition) is 3. The third kappa shape index (κ3) is 1.99. The lowest BCUT2D eigenvalue weighted by molar-refractivity contribution is 0.101. The molecule has 0 amide bonds. The highest BCUT2D eigenvalue weighted by atomic mass is 16.5. The third-order valence-corrected chi connectivity index (χ3v) is 2.33. The smallest absolute Gasteiger partial charge is 0.161 e. The van der Waals surface area contributed by atoms with Crippen molar-refractivity contribution in [1.29, 1.82) is 5.26 Å². The first-order valence-electron chi connectivity index (χ1n) is 4.76. The van der Waals surface area contributed by atoms with E-state index in [-0.39, 0.29) is 5.78 Å². The van der Waals surface area contributed by atoms with Crippen LogP contribution in [0.2, 0.25) is 0 Å². The molecule has 1 aromatic carbocycles. The van der Waals surface area contributed by atoms with Crippen LogP contribution in [-0.2, 0) is 6.42 Å². The predicted octanol–water partition coefficient (Wildman–Crippen LogP) is 2.33. The van der Waals surface area contributed by atoms with Crippen molar-refractivity contribution in [1.82, 2.24) is 0 Å². The number of hydrogen-bond donors (Lipinski definition) is 0. The highest BCUT2D eigenvalue weighted by Gasteiger charge is 2.14. The van der Waals surface area contributed by atoms with E-state index in [9.17, 15) is 4.79 Å². The van der Waals surface area contributed by atoms with Crippen LogP contribution in [0.5, 0.6) is 5.75 Å². The van der Waals surface area contributed by atoms with Gasteiger partial charge in [0.2, 0.25) is 0 Å². The average Bonchev–Trinajstić information content (AvgIpc) is 2.26. The number of Topliss-reactive ketones (excluding diaryl/α,β-unsaturated/α-hetero) is 1. The summed E-state index contributed by atoms with van der Waals surface area (Å²) < 4.78 is 5.15. The molecule has 1 aromatic rings. The molecule has 78 valence electrons. The van der Waals surface area contributed by atoms with Crippen LogP contribution in [0.1, 0.15) is 35.3 Å². The second-order valence-electron chi connectivity index (χ2n) is 3.19. The number of ether oxygens (including phenoxy) is 1. The number of nitrogens with zero attached hydrogens (tertiary/aromatic N) is 1. The van der Waals surface area contributed by atoms with Gasteiger partial charge in [0.25, 0.3) is 0 Å². The summed E-state index contributed by atoms with van der Waals surface area (Å²) in [4.78, 5) is 11.3. The number of ketones is 1. The first-order valence-corrected chi connectivity index (χ1v) is 4.76. The molecule has 0 bridgehead atoms. The van der Waals surface area contributed by atoms with Gasteiger partial charge in [-0.25, -0.2) is 0 Å². The minimum absolute atomic E-state index is 0.0936. The van der Waals surface area contributed by atoms with Gasteiger partial charge in [-0.15, -0.1) is 0 Å². The summed E-state index contributed by atoms with van der Waals surface area (Å²) in [6, 6.07) is 5.44. The van der Waals surface area contributed by atoms with Crippen molar-refractivity contribution in [3.63, 3.8) is 0 Å². The molecule has 3 nitrogen and oxygen atoms in total. The highest BCUT2D eigenvalue weighted by molar-refractivity contribution is 5.97. The van der Waals surface area contributed by atoms with Crippen molar-refractivity contribution in [3.05, 3.63) is 28.8 Å². The Morgan fingerprint density at radius 2 is 2.20 bits per heavy atom. The number of rotatable bonds is 3. The highest BCUT2D eigenvalue weighted by Crippen LogP contribution is 2.25. The summed E-state index contributed by atoms with van der Waals surface area (Å²) in [6.07, 6.45) is 0.674. The van der Waals surface area contributed by atoms with Gasteiger partial charge in [-0.05, 0) is 25.5 Å². The third-order valence-electron chi connectivity index (χ3n) is 2.33. The van der Waals surface area contributed by atoms with Gasteiger partial charge in [-0.1, -0.05) is 6.92 Å². The van der Waals surface area contributed by atoms with Crippen molar-refractivity contribution in [2.45, 2.75) is 20.3 Å². The van der Waals surface area contributed by atoms with E-state index in [0.717, 1.165) is 5.56 Å². The second-order valence-corrected chi connectivity index (χ2v) is 3.19. The molecule has 1 rings (SSSR count). The molecule has 0 saturated carbocycles. The first-order chi connectivity index (χ1) is 7.15. The van der Waals surface area contributed by atoms with Crippen LogP contribution in [0.3, 0.4) is 0 Å². The van der Waals surface area contributed by atoms with E-state index in [1.54, 1.807) is 19.2 Å². The van der Waals surface area contributed by atoms with E-state index in [2.05, 4.69) is 6.07 Å². The molecule has 0 atom stereocenters. The zero-order chi connectivity index (χ0) is 11.4. The van der Waals surface area contributed by atoms with Gasteiger partial charge in [-0.2, -0.15) is 5.26 Å². The van der Waals surface area contributed by atoms with Crippen LogP contribution < -0.4 is 4.74 Å². The number of benzene rings is 1. The fourth-order valence-electron chi connectivity index (χ4n) is 1.59. The SMILES string of the molecule is CCc1c(OC)ccc(C(C)=O)c1C#N. The van der Waals surface area contributed by atoms with E-state index >= 15 is 0 Å². The number of carbonyl (C=O) groups is 1. The molecule has 3 heteroatoms. The van der Waals surface area contributed by atoms with Crippen molar-refractivity contribution in [2.24, 2.45) is 0 Å². The topological polar surface area (TPSA) is 50.1 Å². The summed E-state index contributed by atoms with van der Waals surface area (Å²) in [6.45, 7) is 3.39. The van der Waals surface area contributed by atoms with Crippen LogP contribution in [0, 0.1) is 11.3 Å². The van der Waals surface area contributed by atoms with E-state index in [1.165, 1.54) is 6.92 Å². The van der Waals surface area contributed by atoms with Gasteiger partial charge in [0.15, 0.2) is 5.78 Å². The average molecular weight is 203 g/mol. The van der Waals surface area contributed by atoms with Crippen molar-refractivity contribution in [3.8, 4) is 11.8 Å². The van der Waals surface area contributed by atoms with Crippen molar-refractivity contribution >= 4 is 5.78 Å². The molecule has 0 radical (unpaired) electrons. The molecule has 0 spiro atoms. The standard InChI is InChI=1S/C12H13NO2/c1-4-9-11(7-13)10(8(2)14)5-6-12(9)15-3/h5-6H,4H2,1-3H3. The molecule has 0 saturated heterocycles. The maximum atomic E-state index is 11.3. The minimum atomic E-state index is -0.0936. The first kappa shape index (κ1) is 11.3. The molecule has 15 heavy (non-hydrogen) atoms.